The predicted molar refractivity (Wildman–Crippen MR) is 130 cm³/mol. The van der Waals surface area contributed by atoms with Gasteiger partial charge in [-0.15, -0.1) is 0 Å². The number of amides is 1. The summed E-state index contributed by atoms with van der Waals surface area (Å²) in [6.07, 6.45) is 0.664. The Hall–Kier alpha value is -4.13. The monoisotopic (exact) mass is 455 g/mol. The van der Waals surface area contributed by atoms with Crippen LogP contribution in [0.2, 0.25) is 0 Å². The van der Waals surface area contributed by atoms with Gasteiger partial charge in [0.1, 0.15) is 5.69 Å². The highest BCUT2D eigenvalue weighted by Crippen LogP contribution is 2.26. The second-order valence-corrected chi connectivity index (χ2v) is 8.24. The van der Waals surface area contributed by atoms with Crippen LogP contribution < -0.4 is 4.90 Å². The molecule has 7 nitrogen and oxygen atoms in total. The van der Waals surface area contributed by atoms with Gasteiger partial charge in [0.2, 0.25) is 0 Å². The van der Waals surface area contributed by atoms with Crippen molar-refractivity contribution in [2.75, 3.05) is 31.1 Å². The van der Waals surface area contributed by atoms with Gasteiger partial charge in [-0.25, -0.2) is 9.78 Å². The number of ether oxygens (including phenoxy) is 1. The first-order chi connectivity index (χ1) is 16.6. The lowest BCUT2D eigenvalue weighted by Gasteiger charge is -2.37. The third kappa shape index (κ3) is 4.37. The van der Waals surface area contributed by atoms with Crippen LogP contribution in [0.15, 0.2) is 83.5 Å². The lowest BCUT2D eigenvalue weighted by molar-refractivity contribution is -0.140. The molecule has 34 heavy (non-hydrogen) atoms. The van der Waals surface area contributed by atoms with Crippen LogP contribution >= 0.6 is 0 Å². The van der Waals surface area contributed by atoms with E-state index in [4.69, 9.17) is 9.15 Å². The van der Waals surface area contributed by atoms with E-state index in [0.29, 0.717) is 41.0 Å². The number of para-hydroxylation sites is 2. The largest absolute Gasteiger partial charge is 0.463 e. The molecule has 0 spiro atoms. The number of rotatable bonds is 5. The molecule has 2 aromatic carbocycles. The molecule has 7 heteroatoms. The minimum absolute atomic E-state index is 0.189. The second-order valence-electron chi connectivity index (χ2n) is 8.24. The summed E-state index contributed by atoms with van der Waals surface area (Å²) < 4.78 is 11.1. The molecule has 1 fully saturated rings. The summed E-state index contributed by atoms with van der Waals surface area (Å²) in [5.74, 6) is -0.193. The Kier molecular flexibility index (Phi) is 5.99. The summed E-state index contributed by atoms with van der Waals surface area (Å²) in [6, 6.07) is 22.7. The van der Waals surface area contributed by atoms with Crippen molar-refractivity contribution in [1.82, 2.24) is 9.88 Å². The van der Waals surface area contributed by atoms with Crippen LogP contribution in [0.5, 0.6) is 0 Å². The van der Waals surface area contributed by atoms with Gasteiger partial charge in [0, 0.05) is 37.3 Å². The van der Waals surface area contributed by atoms with Crippen LogP contribution in [0.4, 0.5) is 5.69 Å². The first-order valence-corrected chi connectivity index (χ1v) is 11.3. The number of aromatic nitrogens is 1. The smallest absolute Gasteiger partial charge is 0.339 e. The van der Waals surface area contributed by atoms with Gasteiger partial charge in [0.05, 0.1) is 17.3 Å². The second kappa shape index (κ2) is 9.39. The Morgan fingerprint density at radius 1 is 0.941 bits per heavy atom. The maximum atomic E-state index is 13.2. The SMILES string of the molecule is CC(OC(=O)c1cc(-c2ccco2)nc2ccccc12)C(=O)N1CCN(c2ccccc2)CC1. The molecule has 1 saturated heterocycles. The molecular formula is C27H25N3O4. The van der Waals surface area contributed by atoms with E-state index in [9.17, 15) is 9.59 Å². The fourth-order valence-electron chi connectivity index (χ4n) is 4.25. The van der Waals surface area contributed by atoms with Crippen molar-refractivity contribution in [2.24, 2.45) is 0 Å². The van der Waals surface area contributed by atoms with Crippen LogP contribution in [-0.4, -0.2) is 54.0 Å². The highest BCUT2D eigenvalue weighted by atomic mass is 16.5. The van der Waals surface area contributed by atoms with Gasteiger partial charge in [-0.05, 0) is 43.3 Å². The molecule has 0 bridgehead atoms. The number of furan rings is 1. The number of carbonyl (C=O) groups excluding carboxylic acids is 2. The first-order valence-electron chi connectivity index (χ1n) is 11.3. The lowest BCUT2D eigenvalue weighted by Crippen LogP contribution is -2.51. The molecule has 0 aliphatic carbocycles. The zero-order chi connectivity index (χ0) is 23.5. The maximum absolute atomic E-state index is 13.2. The van der Waals surface area contributed by atoms with E-state index in [1.54, 1.807) is 36.3 Å². The van der Waals surface area contributed by atoms with Gasteiger partial charge in [-0.2, -0.15) is 0 Å². The molecule has 0 N–H and O–H groups in total. The topological polar surface area (TPSA) is 75.9 Å². The Bertz CT molecular complexity index is 1300. The standard InChI is InChI=1S/C27H25N3O4/c1-19(26(31)30-15-13-29(14-16-30)20-8-3-2-4-9-20)34-27(32)22-18-24(25-12-7-17-33-25)28-23-11-6-5-10-21(22)23/h2-12,17-19H,13-16H2,1H3. The molecule has 5 rings (SSSR count). The third-order valence-electron chi connectivity index (χ3n) is 6.05. The summed E-state index contributed by atoms with van der Waals surface area (Å²) >= 11 is 0. The Morgan fingerprint density at radius 3 is 2.41 bits per heavy atom. The Morgan fingerprint density at radius 2 is 1.68 bits per heavy atom. The van der Waals surface area contributed by atoms with Gasteiger partial charge in [0.15, 0.2) is 11.9 Å². The van der Waals surface area contributed by atoms with Gasteiger partial charge < -0.3 is 19.0 Å². The number of esters is 1. The average Bonchev–Trinajstić information content (AvgIpc) is 3.43. The van der Waals surface area contributed by atoms with Gasteiger partial charge in [0.25, 0.3) is 5.91 Å². The first kappa shape index (κ1) is 21.7. The summed E-state index contributed by atoms with van der Waals surface area (Å²) in [5.41, 5.74) is 2.68. The Balaban J connectivity index is 1.29. The van der Waals surface area contributed by atoms with Gasteiger partial charge in [-0.3, -0.25) is 4.79 Å². The van der Waals surface area contributed by atoms with E-state index < -0.39 is 12.1 Å². The molecule has 1 amide bonds. The zero-order valence-electron chi connectivity index (χ0n) is 18.9. The van der Waals surface area contributed by atoms with E-state index in [1.807, 2.05) is 42.5 Å². The number of hydrogen-bond acceptors (Lipinski definition) is 6. The molecule has 1 aliphatic rings. The molecule has 1 aliphatic heterocycles. The van der Waals surface area contributed by atoms with Crippen molar-refractivity contribution in [1.29, 1.82) is 0 Å². The quantitative estimate of drug-likeness (QED) is 0.416. The molecular weight excluding hydrogens is 430 g/mol. The number of benzene rings is 2. The predicted octanol–water partition coefficient (Wildman–Crippen LogP) is 4.39. The van der Waals surface area contributed by atoms with Crippen molar-refractivity contribution in [3.8, 4) is 11.5 Å². The minimum Gasteiger partial charge on any atom is -0.463 e. The van der Waals surface area contributed by atoms with Crippen molar-refractivity contribution < 1.29 is 18.7 Å². The van der Waals surface area contributed by atoms with Crippen LogP contribution in [0.25, 0.3) is 22.4 Å². The fourth-order valence-corrected chi connectivity index (χ4v) is 4.25. The number of carbonyl (C=O) groups is 2. The number of fused-ring (bicyclic) bond motifs is 1. The molecule has 0 radical (unpaired) electrons. The van der Waals surface area contributed by atoms with Crippen LogP contribution in [-0.2, 0) is 9.53 Å². The molecule has 4 aromatic rings. The average molecular weight is 456 g/mol. The molecule has 172 valence electrons. The molecule has 0 saturated carbocycles. The summed E-state index contributed by atoms with van der Waals surface area (Å²) in [6.45, 7) is 4.25. The van der Waals surface area contributed by atoms with Crippen molar-refractivity contribution in [3.63, 3.8) is 0 Å². The van der Waals surface area contributed by atoms with E-state index >= 15 is 0 Å². The number of piperazine rings is 1. The third-order valence-corrected chi connectivity index (χ3v) is 6.05. The number of anilines is 1. The number of hydrogen-bond donors (Lipinski definition) is 0. The van der Waals surface area contributed by atoms with Gasteiger partial charge >= 0.3 is 5.97 Å². The van der Waals surface area contributed by atoms with Crippen LogP contribution in [0.1, 0.15) is 17.3 Å². The molecule has 1 atom stereocenters. The zero-order valence-corrected chi connectivity index (χ0v) is 18.9. The van der Waals surface area contributed by atoms with E-state index in [-0.39, 0.29) is 5.91 Å². The maximum Gasteiger partial charge on any atom is 0.339 e. The van der Waals surface area contributed by atoms with E-state index in [2.05, 4.69) is 22.0 Å². The minimum atomic E-state index is -0.894. The van der Waals surface area contributed by atoms with Crippen molar-refractivity contribution in [2.45, 2.75) is 13.0 Å². The highest BCUT2D eigenvalue weighted by molar-refractivity contribution is 6.05. The van der Waals surface area contributed by atoms with Crippen molar-refractivity contribution in [3.05, 3.63) is 84.6 Å². The van der Waals surface area contributed by atoms with Crippen molar-refractivity contribution >= 4 is 28.5 Å². The Labute approximate surface area is 197 Å². The van der Waals surface area contributed by atoms with Crippen LogP contribution in [0.3, 0.4) is 0 Å². The number of pyridine rings is 1. The summed E-state index contributed by atoms with van der Waals surface area (Å²) in [7, 11) is 0. The molecule has 2 aromatic heterocycles. The summed E-state index contributed by atoms with van der Waals surface area (Å²) in [4.78, 5) is 34.8. The van der Waals surface area contributed by atoms with Crippen LogP contribution in [0, 0.1) is 0 Å². The van der Waals surface area contributed by atoms with E-state index in [0.717, 1.165) is 18.8 Å². The fraction of sp³-hybridized carbons (Fsp3) is 0.222. The number of nitrogens with zero attached hydrogens (tertiary/aromatic N) is 3. The molecule has 1 unspecified atom stereocenters. The highest BCUT2D eigenvalue weighted by Gasteiger charge is 2.28. The van der Waals surface area contributed by atoms with E-state index in [1.165, 1.54) is 0 Å². The van der Waals surface area contributed by atoms with Gasteiger partial charge in [-0.1, -0.05) is 36.4 Å². The molecule has 3 heterocycles. The lowest BCUT2D eigenvalue weighted by atomic mass is 10.1. The normalized spacial score (nSPS) is 14.7. The summed E-state index contributed by atoms with van der Waals surface area (Å²) in [5, 5.41) is 0.666.